The van der Waals surface area contributed by atoms with Gasteiger partial charge in [-0.1, -0.05) is 0 Å². The van der Waals surface area contributed by atoms with E-state index in [1.807, 2.05) is 0 Å². The van der Waals surface area contributed by atoms with Crippen molar-refractivity contribution in [2.45, 2.75) is 25.9 Å². The van der Waals surface area contributed by atoms with Gasteiger partial charge in [0, 0.05) is 5.97 Å². The molecule has 0 spiro atoms. The third kappa shape index (κ3) is 11.8. The van der Waals surface area contributed by atoms with Gasteiger partial charge in [-0.2, -0.15) is 0 Å². The first kappa shape index (κ1) is 12.1. The van der Waals surface area contributed by atoms with Crippen LogP contribution in [-0.4, -0.2) is 17.2 Å². The minimum Gasteiger partial charge on any atom is -0.550 e. The van der Waals surface area contributed by atoms with Crippen molar-refractivity contribution in [1.29, 1.82) is 0 Å². The van der Waals surface area contributed by atoms with Gasteiger partial charge in [-0.25, -0.2) is 0 Å². The van der Waals surface area contributed by atoms with Gasteiger partial charge in [0.05, 0.1) is 6.10 Å². The monoisotopic (exact) mass is 140 g/mol. The summed E-state index contributed by atoms with van der Waals surface area (Å²) < 4.78 is 0. The zero-order valence-electron chi connectivity index (χ0n) is 5.76. The molecule has 0 aliphatic heterocycles. The van der Waals surface area contributed by atoms with Crippen molar-refractivity contribution in [3.05, 3.63) is 0 Å². The average molecular weight is 140 g/mol. The fourth-order valence-electron chi connectivity index (χ4n) is 0.327. The van der Waals surface area contributed by atoms with E-state index in [-0.39, 0.29) is 42.4 Å². The van der Waals surface area contributed by atoms with Gasteiger partial charge in [-0.3, -0.25) is 0 Å². The van der Waals surface area contributed by atoms with E-state index in [0.29, 0.717) is 0 Å². The number of rotatable bonds is 3. The van der Waals surface area contributed by atoms with Crippen LogP contribution in [0.15, 0.2) is 0 Å². The minimum atomic E-state index is -1.11. The summed E-state index contributed by atoms with van der Waals surface area (Å²) in [6, 6.07) is 0. The Balaban J connectivity index is 0. The molecule has 1 N–H and O–H groups in total. The summed E-state index contributed by atoms with van der Waals surface area (Å²) in [4.78, 5) is 9.68. The number of aliphatic hydroxyl groups excluding tert-OH is 1. The molecule has 0 aromatic carbocycles. The van der Waals surface area contributed by atoms with Gasteiger partial charge < -0.3 is 15.0 Å². The van der Waals surface area contributed by atoms with Gasteiger partial charge >= 0.3 is 29.6 Å². The maximum absolute atomic E-state index is 9.68. The van der Waals surface area contributed by atoms with E-state index < -0.39 is 12.1 Å². The van der Waals surface area contributed by atoms with E-state index in [1.54, 1.807) is 6.92 Å². The van der Waals surface area contributed by atoms with Crippen LogP contribution in [0.3, 0.4) is 0 Å². The van der Waals surface area contributed by atoms with Crippen molar-refractivity contribution < 1.29 is 44.6 Å². The molecule has 4 heteroatoms. The second-order valence-electron chi connectivity index (χ2n) is 1.76. The molecule has 9 heavy (non-hydrogen) atoms. The van der Waals surface area contributed by atoms with Crippen LogP contribution in [0.25, 0.3) is 0 Å². The largest absolute Gasteiger partial charge is 1.00 e. The molecule has 0 radical (unpaired) electrons. The molecule has 0 fully saturated rings. The standard InChI is InChI=1S/C5H10O3.Na/c1-4(6)2-3-5(7)8;/h4,6H,2-3H2,1H3,(H,7,8);/q;+1/p-1/t4-;/m1./s1. The Labute approximate surface area is 76.4 Å². The van der Waals surface area contributed by atoms with Gasteiger partial charge in [0.25, 0.3) is 0 Å². The van der Waals surface area contributed by atoms with Crippen LogP contribution in [0.5, 0.6) is 0 Å². The van der Waals surface area contributed by atoms with Crippen molar-refractivity contribution in [2.24, 2.45) is 0 Å². The maximum Gasteiger partial charge on any atom is 1.00 e. The van der Waals surface area contributed by atoms with Gasteiger partial charge in [0.1, 0.15) is 0 Å². The van der Waals surface area contributed by atoms with E-state index in [2.05, 4.69) is 0 Å². The van der Waals surface area contributed by atoms with Crippen LogP contribution in [-0.2, 0) is 4.79 Å². The Morgan fingerprint density at radius 1 is 1.78 bits per heavy atom. The van der Waals surface area contributed by atoms with E-state index in [0.717, 1.165) is 0 Å². The van der Waals surface area contributed by atoms with Crippen molar-refractivity contribution in [2.75, 3.05) is 0 Å². The predicted octanol–water partition coefficient (Wildman–Crippen LogP) is -4.10. The fraction of sp³-hybridized carbons (Fsp3) is 0.800. The van der Waals surface area contributed by atoms with Crippen LogP contribution in [0.2, 0.25) is 0 Å². The van der Waals surface area contributed by atoms with Crippen molar-refractivity contribution >= 4 is 5.97 Å². The van der Waals surface area contributed by atoms with Crippen LogP contribution in [0.1, 0.15) is 19.8 Å². The zero-order chi connectivity index (χ0) is 6.57. The number of carbonyl (C=O) groups is 1. The summed E-state index contributed by atoms with van der Waals surface area (Å²) in [5.74, 6) is -1.11. The second-order valence-corrected chi connectivity index (χ2v) is 1.76. The molecule has 0 aliphatic carbocycles. The molecule has 0 heterocycles. The van der Waals surface area contributed by atoms with Gasteiger partial charge in [-0.15, -0.1) is 0 Å². The number of hydrogen-bond acceptors (Lipinski definition) is 3. The molecule has 1 atom stereocenters. The van der Waals surface area contributed by atoms with Gasteiger partial charge in [-0.05, 0) is 19.8 Å². The third-order valence-electron chi connectivity index (χ3n) is 0.766. The Morgan fingerprint density at radius 3 is 2.33 bits per heavy atom. The molecule has 0 aromatic heterocycles. The number of carbonyl (C=O) groups excluding carboxylic acids is 1. The molecular formula is C5H9NaO3. The van der Waals surface area contributed by atoms with Crippen molar-refractivity contribution in [3.63, 3.8) is 0 Å². The van der Waals surface area contributed by atoms with Crippen LogP contribution < -0.4 is 34.7 Å². The molecule has 0 aromatic rings. The molecule has 0 unspecified atom stereocenters. The summed E-state index contributed by atoms with van der Waals surface area (Å²) in [6.07, 6.45) is -0.312. The van der Waals surface area contributed by atoms with E-state index >= 15 is 0 Å². The van der Waals surface area contributed by atoms with Crippen LogP contribution in [0.4, 0.5) is 0 Å². The summed E-state index contributed by atoms with van der Waals surface area (Å²) in [6.45, 7) is 1.54. The average Bonchev–Trinajstić information content (AvgIpc) is 1.61. The molecule has 0 saturated heterocycles. The Kier molecular flexibility index (Phi) is 8.83. The first-order chi connectivity index (χ1) is 3.63. The van der Waals surface area contributed by atoms with E-state index in [9.17, 15) is 9.90 Å². The molecular weight excluding hydrogens is 131 g/mol. The third-order valence-corrected chi connectivity index (χ3v) is 0.766. The normalized spacial score (nSPS) is 11.8. The van der Waals surface area contributed by atoms with Crippen molar-refractivity contribution in [1.82, 2.24) is 0 Å². The summed E-state index contributed by atoms with van der Waals surface area (Å²) in [7, 11) is 0. The molecule has 0 saturated carbocycles. The number of aliphatic carboxylic acids is 1. The minimum absolute atomic E-state index is 0. The molecule has 3 nitrogen and oxygen atoms in total. The molecule has 0 rings (SSSR count). The number of aliphatic hydroxyl groups is 1. The second kappa shape index (κ2) is 6.55. The summed E-state index contributed by atoms with van der Waals surface area (Å²) in [5, 5.41) is 18.2. The molecule has 0 bridgehead atoms. The Bertz CT molecular complexity index is 82.3. The SMILES string of the molecule is C[C@@H](O)CCC(=O)[O-].[Na+]. The number of carboxylic acid groups (broad SMARTS) is 1. The Hall–Kier alpha value is 0.430. The van der Waals surface area contributed by atoms with Crippen molar-refractivity contribution in [3.8, 4) is 0 Å². The first-order valence-corrected chi connectivity index (χ1v) is 2.51. The summed E-state index contributed by atoms with van der Waals surface area (Å²) >= 11 is 0. The quantitative estimate of drug-likeness (QED) is 0.405. The molecule has 48 valence electrons. The fourth-order valence-corrected chi connectivity index (χ4v) is 0.327. The number of carboxylic acids is 1. The first-order valence-electron chi connectivity index (χ1n) is 2.51. The number of hydrogen-bond donors (Lipinski definition) is 1. The smallest absolute Gasteiger partial charge is 0.550 e. The molecule has 0 aliphatic rings. The Morgan fingerprint density at radius 2 is 2.22 bits per heavy atom. The van der Waals surface area contributed by atoms with Crippen LogP contribution in [0, 0.1) is 0 Å². The predicted molar refractivity (Wildman–Crippen MR) is 25.9 cm³/mol. The van der Waals surface area contributed by atoms with Gasteiger partial charge in [0.15, 0.2) is 0 Å². The van der Waals surface area contributed by atoms with Crippen LogP contribution >= 0.6 is 0 Å². The van der Waals surface area contributed by atoms with E-state index in [1.165, 1.54) is 0 Å². The summed E-state index contributed by atoms with van der Waals surface area (Å²) in [5.41, 5.74) is 0. The zero-order valence-corrected chi connectivity index (χ0v) is 7.76. The topological polar surface area (TPSA) is 60.4 Å². The maximum atomic E-state index is 9.68. The molecule has 0 amide bonds. The van der Waals surface area contributed by atoms with E-state index in [4.69, 9.17) is 5.11 Å². The van der Waals surface area contributed by atoms with Gasteiger partial charge in [0.2, 0.25) is 0 Å².